The van der Waals surface area contributed by atoms with Gasteiger partial charge in [0.25, 0.3) is 0 Å². The molecule has 0 fully saturated rings. The van der Waals surface area contributed by atoms with Gasteiger partial charge in [0.2, 0.25) is 11.8 Å². The molecule has 4 nitrogen and oxygen atoms in total. The summed E-state index contributed by atoms with van der Waals surface area (Å²) in [5.74, 6) is 0.470. The van der Waals surface area contributed by atoms with Crippen LogP contribution in [0.25, 0.3) is 0 Å². The second-order valence-electron chi connectivity index (χ2n) is 8.56. The number of aryl methyl sites for hydroxylation is 1. The van der Waals surface area contributed by atoms with Gasteiger partial charge >= 0.3 is 0 Å². The predicted molar refractivity (Wildman–Crippen MR) is 146 cm³/mol. The van der Waals surface area contributed by atoms with Crippen LogP contribution in [0.4, 0.5) is 0 Å². The standard InChI is InChI=1S/C29H33ClN2O2S/c1-3-17-31-29(34)27(20-23-8-5-4-6-9-23)32(21-24-10-7-11-25(30)19-24)28(33)16-18-35-26-14-12-22(2)13-15-26/h4-15,19,27H,3,16-18,20-21H2,1-2H3,(H,31,34). The first-order valence-electron chi connectivity index (χ1n) is 12.0. The topological polar surface area (TPSA) is 49.4 Å². The third kappa shape index (κ3) is 8.75. The number of hydrogen-bond donors (Lipinski definition) is 1. The minimum atomic E-state index is -0.611. The van der Waals surface area contributed by atoms with Gasteiger partial charge in [-0.3, -0.25) is 9.59 Å². The summed E-state index contributed by atoms with van der Waals surface area (Å²) in [7, 11) is 0. The van der Waals surface area contributed by atoms with Gasteiger partial charge in [0, 0.05) is 41.6 Å². The van der Waals surface area contributed by atoms with Crippen molar-refractivity contribution in [3.63, 3.8) is 0 Å². The lowest BCUT2D eigenvalue weighted by Gasteiger charge is -2.31. The molecular weight excluding hydrogens is 476 g/mol. The Morgan fingerprint density at radius 3 is 2.37 bits per heavy atom. The van der Waals surface area contributed by atoms with Gasteiger partial charge in [-0.1, -0.05) is 78.7 Å². The molecule has 2 amide bonds. The Balaban J connectivity index is 1.82. The van der Waals surface area contributed by atoms with Gasteiger partial charge in [-0.2, -0.15) is 0 Å². The van der Waals surface area contributed by atoms with E-state index in [-0.39, 0.29) is 11.8 Å². The van der Waals surface area contributed by atoms with Crippen molar-refractivity contribution in [1.29, 1.82) is 0 Å². The van der Waals surface area contributed by atoms with Crippen molar-refractivity contribution in [2.24, 2.45) is 0 Å². The Morgan fingerprint density at radius 2 is 1.69 bits per heavy atom. The number of carbonyl (C=O) groups is 2. The molecule has 3 aromatic carbocycles. The number of nitrogens with zero attached hydrogens (tertiary/aromatic N) is 1. The lowest BCUT2D eigenvalue weighted by Crippen LogP contribution is -2.50. The van der Waals surface area contributed by atoms with Crippen molar-refractivity contribution >= 4 is 35.2 Å². The number of hydrogen-bond acceptors (Lipinski definition) is 3. The minimum Gasteiger partial charge on any atom is -0.354 e. The van der Waals surface area contributed by atoms with Crippen LogP contribution in [0, 0.1) is 6.92 Å². The highest BCUT2D eigenvalue weighted by molar-refractivity contribution is 7.99. The first-order valence-corrected chi connectivity index (χ1v) is 13.4. The number of amides is 2. The van der Waals surface area contributed by atoms with Gasteiger partial charge in [-0.15, -0.1) is 11.8 Å². The molecule has 1 N–H and O–H groups in total. The normalized spacial score (nSPS) is 11.6. The summed E-state index contributed by atoms with van der Waals surface area (Å²) in [5, 5.41) is 3.62. The quantitative estimate of drug-likeness (QED) is 0.292. The number of rotatable bonds is 12. The van der Waals surface area contributed by atoms with Crippen molar-refractivity contribution in [1.82, 2.24) is 10.2 Å². The summed E-state index contributed by atoms with van der Waals surface area (Å²) in [4.78, 5) is 29.7. The molecule has 1 atom stereocenters. The van der Waals surface area contributed by atoms with Gasteiger partial charge in [-0.05, 0) is 48.7 Å². The van der Waals surface area contributed by atoms with E-state index in [0.717, 1.165) is 22.4 Å². The van der Waals surface area contributed by atoms with Crippen LogP contribution in [-0.4, -0.2) is 35.1 Å². The molecule has 3 aromatic rings. The second-order valence-corrected chi connectivity index (χ2v) is 10.2. The summed E-state index contributed by atoms with van der Waals surface area (Å²) in [5.41, 5.74) is 3.13. The second kappa shape index (κ2) is 14.0. The number of carbonyl (C=O) groups excluding carboxylic acids is 2. The number of nitrogens with one attached hydrogen (secondary N) is 1. The van der Waals surface area contributed by atoms with E-state index >= 15 is 0 Å². The zero-order valence-electron chi connectivity index (χ0n) is 20.4. The maximum atomic E-state index is 13.6. The largest absolute Gasteiger partial charge is 0.354 e. The molecule has 184 valence electrons. The average molecular weight is 509 g/mol. The van der Waals surface area contributed by atoms with Gasteiger partial charge in [0.05, 0.1) is 0 Å². The molecular formula is C29H33ClN2O2S. The SMILES string of the molecule is CCCNC(=O)C(Cc1ccccc1)N(Cc1cccc(Cl)c1)C(=O)CCSc1ccc(C)cc1. The molecule has 0 saturated heterocycles. The third-order valence-electron chi connectivity index (χ3n) is 5.67. The maximum absolute atomic E-state index is 13.6. The first kappa shape index (κ1) is 26.8. The van der Waals surface area contributed by atoms with E-state index in [0.29, 0.717) is 36.7 Å². The molecule has 0 radical (unpaired) electrons. The lowest BCUT2D eigenvalue weighted by atomic mass is 10.0. The fourth-order valence-electron chi connectivity index (χ4n) is 3.79. The first-order chi connectivity index (χ1) is 17.0. The Morgan fingerprint density at radius 1 is 0.971 bits per heavy atom. The molecule has 0 aliphatic carbocycles. The van der Waals surface area contributed by atoms with Crippen LogP contribution in [0.2, 0.25) is 5.02 Å². The molecule has 0 bridgehead atoms. The van der Waals surface area contributed by atoms with Crippen molar-refractivity contribution in [2.45, 2.75) is 50.6 Å². The fourth-order valence-corrected chi connectivity index (χ4v) is 4.84. The molecule has 0 spiro atoms. The van der Waals surface area contributed by atoms with Gasteiger partial charge in [0.15, 0.2) is 0 Å². The van der Waals surface area contributed by atoms with E-state index in [1.165, 1.54) is 5.56 Å². The van der Waals surface area contributed by atoms with E-state index < -0.39 is 6.04 Å². The molecule has 1 unspecified atom stereocenters. The summed E-state index contributed by atoms with van der Waals surface area (Å²) < 4.78 is 0. The molecule has 6 heteroatoms. The van der Waals surface area contributed by atoms with E-state index in [9.17, 15) is 9.59 Å². The Labute approximate surface area is 218 Å². The lowest BCUT2D eigenvalue weighted by molar-refractivity contribution is -0.141. The van der Waals surface area contributed by atoms with Crippen molar-refractivity contribution in [3.8, 4) is 0 Å². The summed E-state index contributed by atoms with van der Waals surface area (Å²) in [6, 6.07) is 25.0. The molecule has 0 aromatic heterocycles. The van der Waals surface area contributed by atoms with Crippen molar-refractivity contribution in [3.05, 3.63) is 101 Å². The Kier molecular flexibility index (Phi) is 10.7. The Hall–Kier alpha value is -2.76. The van der Waals surface area contributed by atoms with Crippen LogP contribution in [0.3, 0.4) is 0 Å². The highest BCUT2D eigenvalue weighted by Crippen LogP contribution is 2.22. The maximum Gasteiger partial charge on any atom is 0.243 e. The van der Waals surface area contributed by atoms with Crippen molar-refractivity contribution in [2.75, 3.05) is 12.3 Å². The van der Waals surface area contributed by atoms with E-state index in [4.69, 9.17) is 11.6 Å². The van der Waals surface area contributed by atoms with Crippen LogP contribution in [0.15, 0.2) is 83.8 Å². The van der Waals surface area contributed by atoms with Gasteiger partial charge in [0.1, 0.15) is 6.04 Å². The number of thioether (sulfide) groups is 1. The highest BCUT2D eigenvalue weighted by Gasteiger charge is 2.30. The third-order valence-corrected chi connectivity index (χ3v) is 6.92. The van der Waals surface area contributed by atoms with Crippen LogP contribution in [-0.2, 0) is 22.6 Å². The molecule has 0 aliphatic heterocycles. The monoisotopic (exact) mass is 508 g/mol. The molecule has 0 aliphatic rings. The summed E-state index contributed by atoms with van der Waals surface area (Å²) >= 11 is 7.88. The molecule has 0 saturated carbocycles. The van der Waals surface area contributed by atoms with Gasteiger partial charge < -0.3 is 10.2 Å². The van der Waals surface area contributed by atoms with E-state index in [2.05, 4.69) is 36.5 Å². The fraction of sp³-hybridized carbons (Fsp3) is 0.310. The van der Waals surface area contributed by atoms with Crippen LogP contribution >= 0.6 is 23.4 Å². The predicted octanol–water partition coefficient (Wildman–Crippen LogP) is 6.30. The summed E-state index contributed by atoms with van der Waals surface area (Å²) in [6.07, 6.45) is 1.62. The molecule has 35 heavy (non-hydrogen) atoms. The van der Waals surface area contributed by atoms with Crippen LogP contribution in [0.1, 0.15) is 36.5 Å². The average Bonchev–Trinajstić information content (AvgIpc) is 2.86. The smallest absolute Gasteiger partial charge is 0.243 e. The highest BCUT2D eigenvalue weighted by atomic mass is 35.5. The number of benzene rings is 3. The van der Waals surface area contributed by atoms with E-state index in [1.54, 1.807) is 16.7 Å². The Bertz CT molecular complexity index is 1090. The van der Waals surface area contributed by atoms with Gasteiger partial charge in [-0.25, -0.2) is 0 Å². The number of halogens is 1. The van der Waals surface area contributed by atoms with E-state index in [1.807, 2.05) is 61.5 Å². The van der Waals surface area contributed by atoms with Crippen LogP contribution in [0.5, 0.6) is 0 Å². The van der Waals surface area contributed by atoms with Crippen LogP contribution < -0.4 is 5.32 Å². The zero-order valence-corrected chi connectivity index (χ0v) is 21.9. The molecule has 3 rings (SSSR count). The summed E-state index contributed by atoms with van der Waals surface area (Å²) in [6.45, 7) is 4.98. The minimum absolute atomic E-state index is 0.0443. The zero-order chi connectivity index (χ0) is 25.0. The molecule has 0 heterocycles. The van der Waals surface area contributed by atoms with Crippen molar-refractivity contribution < 1.29 is 9.59 Å².